The summed E-state index contributed by atoms with van der Waals surface area (Å²) in [4.78, 5) is 0. The number of aromatic hydroxyl groups is 1. The molecule has 0 bridgehead atoms. The Labute approximate surface area is 210 Å². The van der Waals surface area contributed by atoms with Crippen LogP contribution in [0.4, 0.5) is 17.6 Å². The van der Waals surface area contributed by atoms with E-state index >= 15 is 0 Å². The van der Waals surface area contributed by atoms with Crippen LogP contribution in [-0.4, -0.2) is 36.6 Å². The second kappa shape index (κ2) is 11.1. The van der Waals surface area contributed by atoms with E-state index in [4.69, 9.17) is 19.3 Å². The normalized spacial score (nSPS) is 11.6. The van der Waals surface area contributed by atoms with Crippen LogP contribution >= 0.6 is 0 Å². The van der Waals surface area contributed by atoms with Crippen molar-refractivity contribution in [1.29, 1.82) is 0 Å². The zero-order valence-corrected chi connectivity index (χ0v) is 19.8. The molecule has 9 heteroatoms. The van der Waals surface area contributed by atoms with Crippen LogP contribution in [0.5, 0.6) is 23.0 Å². The molecule has 0 atom stereocenters. The van der Waals surface area contributed by atoms with E-state index in [1.807, 2.05) is 0 Å². The molecule has 0 radical (unpaired) electrons. The first-order valence-corrected chi connectivity index (χ1v) is 11.4. The predicted octanol–water partition coefficient (Wildman–Crippen LogP) is 6.86. The number of halogens is 4. The van der Waals surface area contributed by atoms with Crippen molar-refractivity contribution in [3.8, 4) is 34.1 Å². The van der Waals surface area contributed by atoms with Gasteiger partial charge in [0.1, 0.15) is 41.0 Å². The van der Waals surface area contributed by atoms with Crippen molar-refractivity contribution >= 4 is 10.8 Å². The maximum Gasteiger partial charge on any atom is 0.420 e. The van der Waals surface area contributed by atoms with Gasteiger partial charge in [-0.05, 0) is 72.0 Å². The van der Waals surface area contributed by atoms with Gasteiger partial charge in [-0.2, -0.15) is 13.2 Å². The van der Waals surface area contributed by atoms with Gasteiger partial charge in [0, 0.05) is 10.9 Å². The topological polar surface area (TPSA) is 68.2 Å². The average Bonchev–Trinajstić information content (AvgIpc) is 2.83. The highest BCUT2D eigenvalue weighted by molar-refractivity contribution is 5.97. The predicted molar refractivity (Wildman–Crippen MR) is 131 cm³/mol. The summed E-state index contributed by atoms with van der Waals surface area (Å²) in [5, 5.41) is 19.8. The smallest absolute Gasteiger partial charge is 0.420 e. The first-order chi connectivity index (χ1) is 17.7. The molecule has 5 nitrogen and oxygen atoms in total. The quantitative estimate of drug-likeness (QED) is 0.188. The zero-order valence-electron chi connectivity index (χ0n) is 19.8. The Balaban J connectivity index is 1.78. The van der Waals surface area contributed by atoms with Crippen molar-refractivity contribution in [2.75, 3.05) is 26.4 Å². The standard InChI is InChI=1S/C28H24F4O5/c1-17-13-19-15-21(34)5-7-23(19)27(26(17)18-3-2-4-20(29)14-18)37-22-6-8-25(24(16-22)28(30,31)32)36-12-11-35-10-9-33/h2-8,13-16,33-34H,9-12H2,1H3. The number of aliphatic hydroxyl groups excluding tert-OH is 1. The highest BCUT2D eigenvalue weighted by Crippen LogP contribution is 2.45. The minimum absolute atomic E-state index is 0.00916. The van der Waals surface area contributed by atoms with Gasteiger partial charge < -0.3 is 24.4 Å². The van der Waals surface area contributed by atoms with Crippen LogP contribution in [0.1, 0.15) is 11.1 Å². The number of aryl methyl sites for hydroxylation is 1. The van der Waals surface area contributed by atoms with Crippen molar-refractivity contribution < 1.29 is 42.0 Å². The minimum Gasteiger partial charge on any atom is -0.508 e. The van der Waals surface area contributed by atoms with Crippen molar-refractivity contribution in [1.82, 2.24) is 0 Å². The molecular formula is C28H24F4O5. The number of aliphatic hydroxyl groups is 1. The largest absolute Gasteiger partial charge is 0.508 e. The fourth-order valence-corrected chi connectivity index (χ4v) is 4.02. The zero-order chi connectivity index (χ0) is 26.6. The highest BCUT2D eigenvalue weighted by atomic mass is 19.4. The summed E-state index contributed by atoms with van der Waals surface area (Å²) in [5.74, 6) is -0.733. The summed E-state index contributed by atoms with van der Waals surface area (Å²) in [7, 11) is 0. The lowest BCUT2D eigenvalue weighted by Gasteiger charge is -2.19. The molecule has 4 aromatic carbocycles. The molecule has 194 valence electrons. The van der Waals surface area contributed by atoms with Gasteiger partial charge in [0.25, 0.3) is 0 Å². The summed E-state index contributed by atoms with van der Waals surface area (Å²) >= 11 is 0. The Kier molecular flexibility index (Phi) is 7.85. The number of benzene rings is 4. The van der Waals surface area contributed by atoms with Crippen molar-refractivity contribution in [2.24, 2.45) is 0 Å². The molecule has 0 heterocycles. The lowest BCUT2D eigenvalue weighted by Crippen LogP contribution is -2.13. The van der Waals surface area contributed by atoms with Gasteiger partial charge in [-0.25, -0.2) is 4.39 Å². The second-order valence-corrected chi connectivity index (χ2v) is 8.26. The van der Waals surface area contributed by atoms with Crippen molar-refractivity contribution in [2.45, 2.75) is 13.1 Å². The van der Waals surface area contributed by atoms with E-state index < -0.39 is 23.3 Å². The summed E-state index contributed by atoms with van der Waals surface area (Å²) in [5.41, 5.74) is 0.639. The van der Waals surface area contributed by atoms with Gasteiger partial charge in [-0.15, -0.1) is 0 Å². The van der Waals surface area contributed by atoms with Gasteiger partial charge >= 0.3 is 6.18 Å². The number of phenols is 1. The Morgan fingerprint density at radius 1 is 0.892 bits per heavy atom. The lowest BCUT2D eigenvalue weighted by atomic mass is 9.94. The first kappa shape index (κ1) is 26.2. The molecule has 2 N–H and O–H groups in total. The third-order valence-electron chi connectivity index (χ3n) is 5.58. The van der Waals surface area contributed by atoms with E-state index in [2.05, 4.69) is 0 Å². The maximum atomic E-state index is 14.1. The van der Waals surface area contributed by atoms with Gasteiger partial charge in [0.15, 0.2) is 0 Å². The molecule has 0 unspecified atom stereocenters. The highest BCUT2D eigenvalue weighted by Gasteiger charge is 2.35. The SMILES string of the molecule is Cc1cc2cc(O)ccc2c(Oc2ccc(OCCOCCO)c(C(F)(F)F)c2)c1-c1cccc(F)c1. The number of ether oxygens (including phenoxy) is 3. The van der Waals surface area contributed by atoms with Gasteiger partial charge in [0.2, 0.25) is 0 Å². The Bertz CT molecular complexity index is 1400. The van der Waals surface area contributed by atoms with E-state index in [0.717, 1.165) is 12.1 Å². The number of fused-ring (bicyclic) bond motifs is 1. The van der Waals surface area contributed by atoms with Crippen LogP contribution in [0.15, 0.2) is 66.7 Å². The Morgan fingerprint density at radius 2 is 1.70 bits per heavy atom. The average molecular weight is 516 g/mol. The number of hydrogen-bond donors (Lipinski definition) is 2. The van der Waals surface area contributed by atoms with Gasteiger partial charge in [0.05, 0.1) is 19.8 Å². The van der Waals surface area contributed by atoms with E-state index in [9.17, 15) is 22.7 Å². The molecule has 0 aliphatic carbocycles. The summed E-state index contributed by atoms with van der Waals surface area (Å²) in [6, 6.07) is 15.5. The Morgan fingerprint density at radius 3 is 2.43 bits per heavy atom. The fourth-order valence-electron chi connectivity index (χ4n) is 4.02. The number of rotatable bonds is 9. The van der Waals surface area contributed by atoms with Gasteiger partial charge in [-0.3, -0.25) is 0 Å². The molecular weight excluding hydrogens is 492 g/mol. The summed E-state index contributed by atoms with van der Waals surface area (Å²) < 4.78 is 72.1. The number of hydrogen-bond acceptors (Lipinski definition) is 5. The second-order valence-electron chi connectivity index (χ2n) is 8.26. The van der Waals surface area contributed by atoms with E-state index in [0.29, 0.717) is 27.5 Å². The lowest BCUT2D eigenvalue weighted by molar-refractivity contribution is -0.139. The van der Waals surface area contributed by atoms with Crippen LogP contribution in [-0.2, 0) is 10.9 Å². The van der Waals surface area contributed by atoms with Crippen LogP contribution < -0.4 is 9.47 Å². The van der Waals surface area contributed by atoms with E-state index in [1.165, 1.54) is 36.4 Å². The molecule has 0 amide bonds. The molecule has 0 aromatic heterocycles. The molecule has 0 aliphatic rings. The number of phenolic OH excluding ortho intramolecular Hbond substituents is 1. The van der Waals surface area contributed by atoms with Crippen molar-refractivity contribution in [3.05, 3.63) is 83.7 Å². The van der Waals surface area contributed by atoms with Crippen LogP contribution in [0, 0.1) is 12.7 Å². The minimum atomic E-state index is -4.73. The molecule has 0 saturated carbocycles. The third-order valence-corrected chi connectivity index (χ3v) is 5.58. The monoisotopic (exact) mass is 516 g/mol. The van der Waals surface area contributed by atoms with E-state index in [1.54, 1.807) is 25.1 Å². The molecule has 4 rings (SSSR count). The first-order valence-electron chi connectivity index (χ1n) is 11.4. The molecule has 37 heavy (non-hydrogen) atoms. The molecule has 0 fully saturated rings. The molecule has 0 spiro atoms. The van der Waals surface area contributed by atoms with Gasteiger partial charge in [-0.1, -0.05) is 18.2 Å². The molecule has 0 aliphatic heterocycles. The molecule has 4 aromatic rings. The summed E-state index contributed by atoms with van der Waals surface area (Å²) in [6.45, 7) is 1.49. The fraction of sp³-hybridized carbons (Fsp3) is 0.214. The van der Waals surface area contributed by atoms with Crippen molar-refractivity contribution in [3.63, 3.8) is 0 Å². The molecule has 0 saturated heterocycles. The van der Waals surface area contributed by atoms with Crippen LogP contribution in [0.25, 0.3) is 21.9 Å². The maximum absolute atomic E-state index is 14.1. The van der Waals surface area contributed by atoms with Crippen LogP contribution in [0.2, 0.25) is 0 Å². The van der Waals surface area contributed by atoms with E-state index in [-0.39, 0.29) is 43.7 Å². The summed E-state index contributed by atoms with van der Waals surface area (Å²) in [6.07, 6.45) is -4.73. The Hall–Kier alpha value is -3.82. The third kappa shape index (κ3) is 6.12. The van der Waals surface area contributed by atoms with Crippen LogP contribution in [0.3, 0.4) is 0 Å². The number of alkyl halides is 3.